The smallest absolute Gasteiger partial charge is 0.000611 e. The summed E-state index contributed by atoms with van der Waals surface area (Å²) in [7, 11) is 0. The van der Waals surface area contributed by atoms with E-state index < -0.39 is 0 Å². The third-order valence-corrected chi connectivity index (χ3v) is 3.75. The Morgan fingerprint density at radius 3 is 2.50 bits per heavy atom. The molecule has 0 aromatic carbocycles. The van der Waals surface area contributed by atoms with E-state index in [0.29, 0.717) is 5.41 Å². The molecule has 1 aliphatic heterocycles. The summed E-state index contributed by atoms with van der Waals surface area (Å²) in [6.07, 6.45) is 6.75. The zero-order valence-electron chi connectivity index (χ0n) is 11.4. The monoisotopic (exact) mass is 226 g/mol. The van der Waals surface area contributed by atoms with Crippen LogP contribution in [0.2, 0.25) is 0 Å². The van der Waals surface area contributed by atoms with E-state index in [1.807, 2.05) is 0 Å². The second kappa shape index (κ2) is 7.29. The molecule has 0 amide bonds. The highest BCUT2D eigenvalue weighted by atomic mass is 14.9. The van der Waals surface area contributed by atoms with E-state index in [2.05, 4.69) is 31.4 Å². The lowest BCUT2D eigenvalue weighted by Gasteiger charge is -2.34. The van der Waals surface area contributed by atoms with Gasteiger partial charge in [0.25, 0.3) is 0 Å². The van der Waals surface area contributed by atoms with E-state index in [9.17, 15) is 0 Å². The van der Waals surface area contributed by atoms with Crippen LogP contribution >= 0.6 is 0 Å². The lowest BCUT2D eigenvalue weighted by molar-refractivity contribution is 0.220. The van der Waals surface area contributed by atoms with E-state index in [1.165, 1.54) is 58.3 Å². The van der Waals surface area contributed by atoms with Gasteiger partial charge in [-0.05, 0) is 50.2 Å². The molecule has 0 aromatic rings. The van der Waals surface area contributed by atoms with Crippen molar-refractivity contribution in [2.24, 2.45) is 11.3 Å². The van der Waals surface area contributed by atoms with Crippen LogP contribution in [0.25, 0.3) is 0 Å². The number of hydrogen-bond acceptors (Lipinski definition) is 2. The Kier molecular flexibility index (Phi) is 6.37. The summed E-state index contributed by atoms with van der Waals surface area (Å²) < 4.78 is 0. The fraction of sp³-hybridized carbons (Fsp3) is 1.00. The van der Waals surface area contributed by atoms with Crippen molar-refractivity contribution in [2.45, 2.75) is 52.9 Å². The van der Waals surface area contributed by atoms with Crippen molar-refractivity contribution < 1.29 is 0 Å². The number of piperidine rings is 1. The molecule has 0 unspecified atom stereocenters. The van der Waals surface area contributed by atoms with Gasteiger partial charge in [-0.3, -0.25) is 0 Å². The van der Waals surface area contributed by atoms with Crippen LogP contribution in [-0.4, -0.2) is 26.2 Å². The highest BCUT2D eigenvalue weighted by Crippen LogP contribution is 2.26. The third-order valence-electron chi connectivity index (χ3n) is 3.75. The summed E-state index contributed by atoms with van der Waals surface area (Å²) in [6.45, 7) is 11.9. The van der Waals surface area contributed by atoms with Crippen molar-refractivity contribution in [3.63, 3.8) is 0 Å². The van der Waals surface area contributed by atoms with Gasteiger partial charge in [-0.2, -0.15) is 0 Å². The van der Waals surface area contributed by atoms with Crippen LogP contribution in [0.4, 0.5) is 0 Å². The van der Waals surface area contributed by atoms with Crippen LogP contribution in [0.15, 0.2) is 0 Å². The number of nitrogens with one attached hydrogen (secondary N) is 2. The van der Waals surface area contributed by atoms with Crippen LogP contribution in [-0.2, 0) is 0 Å². The Hall–Kier alpha value is -0.0800. The molecule has 0 aromatic heterocycles. The molecule has 0 saturated carbocycles. The van der Waals surface area contributed by atoms with Crippen LogP contribution < -0.4 is 10.6 Å². The van der Waals surface area contributed by atoms with Gasteiger partial charge in [0.1, 0.15) is 0 Å². The molecule has 0 radical (unpaired) electrons. The first-order chi connectivity index (χ1) is 7.62. The van der Waals surface area contributed by atoms with Crippen LogP contribution in [0.5, 0.6) is 0 Å². The molecule has 0 aliphatic carbocycles. The number of hydrogen-bond donors (Lipinski definition) is 2. The number of rotatable bonds is 7. The second-order valence-electron chi connectivity index (χ2n) is 6.13. The maximum absolute atomic E-state index is 3.64. The first-order valence-corrected chi connectivity index (χ1v) is 7.04. The lowest BCUT2D eigenvalue weighted by Crippen LogP contribution is -2.41. The Labute approximate surface area is 102 Å². The summed E-state index contributed by atoms with van der Waals surface area (Å²) in [5.74, 6) is 0.863. The predicted octanol–water partition coefficient (Wildman–Crippen LogP) is 2.79. The van der Waals surface area contributed by atoms with Gasteiger partial charge in [0, 0.05) is 6.54 Å². The van der Waals surface area contributed by atoms with Gasteiger partial charge in [-0.1, -0.05) is 33.6 Å². The maximum atomic E-state index is 3.64. The highest BCUT2D eigenvalue weighted by molar-refractivity contribution is 4.82. The molecule has 1 heterocycles. The van der Waals surface area contributed by atoms with Crippen molar-refractivity contribution >= 4 is 0 Å². The molecule has 1 aliphatic rings. The van der Waals surface area contributed by atoms with Crippen molar-refractivity contribution in [3.05, 3.63) is 0 Å². The molecule has 2 heteroatoms. The first kappa shape index (κ1) is 14.0. The Bertz CT molecular complexity index is 172. The topological polar surface area (TPSA) is 24.1 Å². The fourth-order valence-electron chi connectivity index (χ4n) is 2.40. The normalized spacial score (nSPS) is 20.2. The summed E-state index contributed by atoms with van der Waals surface area (Å²) in [5.41, 5.74) is 0.545. The molecular formula is C14H30N2. The Balaban J connectivity index is 1.97. The van der Waals surface area contributed by atoms with Gasteiger partial charge in [0.15, 0.2) is 0 Å². The molecule has 2 nitrogen and oxygen atoms in total. The van der Waals surface area contributed by atoms with E-state index in [0.717, 1.165) is 5.92 Å². The van der Waals surface area contributed by atoms with Crippen LogP contribution in [0.3, 0.4) is 0 Å². The van der Waals surface area contributed by atoms with Gasteiger partial charge < -0.3 is 10.6 Å². The fourth-order valence-corrected chi connectivity index (χ4v) is 2.40. The van der Waals surface area contributed by atoms with Crippen LogP contribution in [0, 0.1) is 11.3 Å². The first-order valence-electron chi connectivity index (χ1n) is 7.04. The molecule has 16 heavy (non-hydrogen) atoms. The molecule has 2 N–H and O–H groups in total. The summed E-state index contributed by atoms with van der Waals surface area (Å²) in [4.78, 5) is 0. The van der Waals surface area contributed by atoms with Gasteiger partial charge in [0.05, 0.1) is 0 Å². The van der Waals surface area contributed by atoms with Crippen molar-refractivity contribution in [3.8, 4) is 0 Å². The van der Waals surface area contributed by atoms with Crippen molar-refractivity contribution in [1.29, 1.82) is 0 Å². The van der Waals surface area contributed by atoms with Gasteiger partial charge in [-0.15, -0.1) is 0 Å². The zero-order valence-corrected chi connectivity index (χ0v) is 11.4. The van der Waals surface area contributed by atoms with Crippen molar-refractivity contribution in [2.75, 3.05) is 26.2 Å². The molecule has 0 bridgehead atoms. The molecule has 1 fully saturated rings. The van der Waals surface area contributed by atoms with Gasteiger partial charge in [0.2, 0.25) is 0 Å². The minimum absolute atomic E-state index is 0.545. The maximum Gasteiger partial charge on any atom is 0.000611 e. The second-order valence-corrected chi connectivity index (χ2v) is 6.13. The standard InChI is InChI=1S/C14H30N2/c1-13(2)6-4-5-9-16-12-14(3)7-10-15-11-8-14/h13,15-16H,4-12H2,1-3H3. The minimum atomic E-state index is 0.545. The number of unbranched alkanes of at least 4 members (excludes halogenated alkanes) is 1. The molecule has 1 saturated heterocycles. The predicted molar refractivity (Wildman–Crippen MR) is 71.8 cm³/mol. The minimum Gasteiger partial charge on any atom is -0.317 e. The van der Waals surface area contributed by atoms with E-state index in [1.54, 1.807) is 0 Å². The largest absolute Gasteiger partial charge is 0.317 e. The molecule has 0 spiro atoms. The van der Waals surface area contributed by atoms with Gasteiger partial charge >= 0.3 is 0 Å². The van der Waals surface area contributed by atoms with E-state index in [4.69, 9.17) is 0 Å². The molecular weight excluding hydrogens is 196 g/mol. The SMILES string of the molecule is CC(C)CCCCNCC1(C)CCNCC1. The Morgan fingerprint density at radius 2 is 1.88 bits per heavy atom. The average molecular weight is 226 g/mol. The quantitative estimate of drug-likeness (QED) is 0.652. The van der Waals surface area contributed by atoms with Crippen LogP contribution in [0.1, 0.15) is 52.9 Å². The lowest BCUT2D eigenvalue weighted by atomic mass is 9.81. The highest BCUT2D eigenvalue weighted by Gasteiger charge is 2.25. The van der Waals surface area contributed by atoms with E-state index >= 15 is 0 Å². The third kappa shape index (κ3) is 5.86. The molecule has 96 valence electrons. The van der Waals surface area contributed by atoms with Gasteiger partial charge in [-0.25, -0.2) is 0 Å². The molecule has 0 atom stereocenters. The summed E-state index contributed by atoms with van der Waals surface area (Å²) in [6, 6.07) is 0. The van der Waals surface area contributed by atoms with E-state index in [-0.39, 0.29) is 0 Å². The molecule has 1 rings (SSSR count). The summed E-state index contributed by atoms with van der Waals surface area (Å²) >= 11 is 0. The average Bonchev–Trinajstić information content (AvgIpc) is 2.24. The summed E-state index contributed by atoms with van der Waals surface area (Å²) in [5, 5.41) is 7.08. The Morgan fingerprint density at radius 1 is 1.19 bits per heavy atom. The zero-order chi connectivity index (χ0) is 11.9. The van der Waals surface area contributed by atoms with Crippen molar-refractivity contribution in [1.82, 2.24) is 10.6 Å².